The smallest absolute Gasteiger partial charge is 0.349 e. The highest BCUT2D eigenvalue weighted by Crippen LogP contribution is 2.30. The molecule has 0 unspecified atom stereocenters. The van der Waals surface area contributed by atoms with Crippen LogP contribution >= 0.6 is 47.8 Å². The van der Waals surface area contributed by atoms with E-state index in [1.165, 1.54) is 5.56 Å². The first-order valence-corrected chi connectivity index (χ1v) is 9.32. The first kappa shape index (κ1) is 18.5. The molecule has 0 amide bonds. The Morgan fingerprint density at radius 3 is 2.26 bits per heavy atom. The Morgan fingerprint density at radius 2 is 1.65 bits per heavy atom. The second kappa shape index (κ2) is 8.31. The zero-order valence-corrected chi connectivity index (χ0v) is 17.4. The van der Waals surface area contributed by atoms with Gasteiger partial charge in [-0.15, -0.1) is 0 Å². The lowest BCUT2D eigenvalue weighted by Gasteiger charge is -2.11. The molecule has 3 nitrogen and oxygen atoms in total. The van der Waals surface area contributed by atoms with E-state index >= 15 is 0 Å². The Labute approximate surface area is 160 Å². The van der Waals surface area contributed by atoms with Crippen LogP contribution < -0.4 is 9.47 Å². The minimum atomic E-state index is -0.460. The minimum Gasteiger partial charge on any atom is -0.481 e. The number of rotatable bonds is 5. The number of hydrogen-bond acceptors (Lipinski definition) is 3. The summed E-state index contributed by atoms with van der Waals surface area (Å²) in [6.45, 7) is 4.05. The van der Waals surface area contributed by atoms with E-state index in [2.05, 4.69) is 61.6 Å². The molecule has 0 atom stereocenters. The normalized spacial score (nSPS) is 10.7. The van der Waals surface area contributed by atoms with Crippen molar-refractivity contribution in [3.05, 3.63) is 55.4 Å². The van der Waals surface area contributed by atoms with Crippen molar-refractivity contribution in [1.82, 2.24) is 0 Å². The van der Waals surface area contributed by atoms with Gasteiger partial charge in [0, 0.05) is 4.47 Å². The van der Waals surface area contributed by atoms with Crippen molar-refractivity contribution in [3.63, 3.8) is 0 Å². The fourth-order valence-electron chi connectivity index (χ4n) is 1.84. The van der Waals surface area contributed by atoms with Crippen LogP contribution in [-0.4, -0.2) is 12.6 Å². The summed E-state index contributed by atoms with van der Waals surface area (Å²) in [4.78, 5) is 11.9. The monoisotopic (exact) mass is 504 g/mol. The Kier molecular flexibility index (Phi) is 6.68. The van der Waals surface area contributed by atoms with Gasteiger partial charge in [-0.1, -0.05) is 35.8 Å². The van der Waals surface area contributed by atoms with E-state index in [1.807, 2.05) is 24.3 Å². The third-order valence-corrected chi connectivity index (χ3v) is 4.82. The zero-order valence-electron chi connectivity index (χ0n) is 12.6. The molecule has 0 aromatic heterocycles. The number of benzene rings is 2. The third kappa shape index (κ3) is 5.33. The highest BCUT2D eigenvalue weighted by molar-refractivity contribution is 9.11. The molecule has 0 N–H and O–H groups in total. The number of ether oxygens (including phenoxy) is 2. The van der Waals surface area contributed by atoms with E-state index in [1.54, 1.807) is 12.1 Å². The molecule has 0 spiro atoms. The number of halogens is 3. The summed E-state index contributed by atoms with van der Waals surface area (Å²) in [5, 5.41) is 0. The topological polar surface area (TPSA) is 35.5 Å². The van der Waals surface area contributed by atoms with Crippen molar-refractivity contribution in [2.75, 3.05) is 6.61 Å². The molecule has 0 bridgehead atoms. The molecular formula is C17H15Br3O3. The lowest BCUT2D eigenvalue weighted by molar-refractivity contribution is -0.136. The van der Waals surface area contributed by atoms with Gasteiger partial charge in [-0.2, -0.15) is 0 Å². The summed E-state index contributed by atoms with van der Waals surface area (Å²) in [7, 11) is 0. The molecule has 0 aliphatic rings. The highest BCUT2D eigenvalue weighted by Gasteiger charge is 2.12. The van der Waals surface area contributed by atoms with Gasteiger partial charge in [0.05, 0.1) is 8.95 Å². The first-order valence-electron chi connectivity index (χ1n) is 6.95. The van der Waals surface area contributed by atoms with Gasteiger partial charge in [0.15, 0.2) is 6.61 Å². The summed E-state index contributed by atoms with van der Waals surface area (Å²) in [6.07, 6.45) is 0. The maximum absolute atomic E-state index is 11.9. The van der Waals surface area contributed by atoms with Crippen LogP contribution in [0.1, 0.15) is 25.3 Å². The summed E-state index contributed by atoms with van der Waals surface area (Å²) < 4.78 is 13.2. The number of carbonyl (C=O) groups excluding carboxylic acids is 1. The lowest BCUT2D eigenvalue weighted by Crippen LogP contribution is -2.18. The van der Waals surface area contributed by atoms with Gasteiger partial charge >= 0.3 is 5.97 Å². The van der Waals surface area contributed by atoms with Gasteiger partial charge in [0.2, 0.25) is 0 Å². The fourth-order valence-corrected chi connectivity index (χ4v) is 3.48. The van der Waals surface area contributed by atoms with Gasteiger partial charge in [-0.3, -0.25) is 0 Å². The SMILES string of the molecule is CC(C)c1ccc(OC(=O)COc2ccc(Br)cc2Br)c(Br)c1. The maximum Gasteiger partial charge on any atom is 0.349 e. The van der Waals surface area contributed by atoms with Crippen molar-refractivity contribution in [1.29, 1.82) is 0 Å². The molecule has 0 radical (unpaired) electrons. The van der Waals surface area contributed by atoms with Crippen LogP contribution in [0.5, 0.6) is 11.5 Å². The summed E-state index contributed by atoms with van der Waals surface area (Å²) in [5.74, 6) is 1.02. The van der Waals surface area contributed by atoms with E-state index in [4.69, 9.17) is 9.47 Å². The van der Waals surface area contributed by atoms with Gasteiger partial charge in [-0.25, -0.2) is 4.79 Å². The molecular weight excluding hydrogens is 492 g/mol. The number of esters is 1. The quantitative estimate of drug-likeness (QED) is 0.364. The van der Waals surface area contributed by atoms with E-state index in [0.29, 0.717) is 17.4 Å². The Hall–Kier alpha value is -0.850. The Morgan fingerprint density at radius 1 is 1.00 bits per heavy atom. The molecule has 0 aliphatic heterocycles. The van der Waals surface area contributed by atoms with Crippen LogP contribution in [0.15, 0.2) is 49.8 Å². The van der Waals surface area contributed by atoms with E-state index in [-0.39, 0.29) is 6.61 Å². The van der Waals surface area contributed by atoms with E-state index in [0.717, 1.165) is 13.4 Å². The van der Waals surface area contributed by atoms with Crippen molar-refractivity contribution in [2.45, 2.75) is 19.8 Å². The largest absolute Gasteiger partial charge is 0.481 e. The van der Waals surface area contributed by atoms with E-state index < -0.39 is 5.97 Å². The predicted octanol–water partition coefficient (Wildman–Crippen LogP) is 6.08. The number of carbonyl (C=O) groups is 1. The lowest BCUT2D eigenvalue weighted by atomic mass is 10.0. The Bertz CT molecular complexity index is 714. The average molecular weight is 507 g/mol. The summed E-state index contributed by atoms with van der Waals surface area (Å²) in [5.41, 5.74) is 1.17. The van der Waals surface area contributed by atoms with Crippen molar-refractivity contribution >= 4 is 53.8 Å². The summed E-state index contributed by atoms with van der Waals surface area (Å²) in [6, 6.07) is 11.2. The van der Waals surface area contributed by atoms with Crippen LogP contribution in [0.25, 0.3) is 0 Å². The first-order chi connectivity index (χ1) is 10.9. The molecule has 23 heavy (non-hydrogen) atoms. The molecule has 2 rings (SSSR count). The molecule has 0 heterocycles. The van der Waals surface area contributed by atoms with Gasteiger partial charge < -0.3 is 9.47 Å². The molecule has 6 heteroatoms. The molecule has 0 saturated carbocycles. The maximum atomic E-state index is 11.9. The van der Waals surface area contributed by atoms with Crippen LogP contribution in [-0.2, 0) is 4.79 Å². The molecule has 0 aliphatic carbocycles. The minimum absolute atomic E-state index is 0.168. The van der Waals surface area contributed by atoms with Crippen molar-refractivity contribution < 1.29 is 14.3 Å². The van der Waals surface area contributed by atoms with Crippen LogP contribution in [0.3, 0.4) is 0 Å². The highest BCUT2D eigenvalue weighted by atomic mass is 79.9. The van der Waals surface area contributed by atoms with Gasteiger partial charge in [0.1, 0.15) is 11.5 Å². The zero-order chi connectivity index (χ0) is 17.0. The molecule has 0 fully saturated rings. The van der Waals surface area contributed by atoms with Crippen molar-refractivity contribution in [2.24, 2.45) is 0 Å². The third-order valence-electron chi connectivity index (χ3n) is 3.09. The second-order valence-corrected chi connectivity index (χ2v) is 7.81. The molecule has 2 aromatic carbocycles. The average Bonchev–Trinajstić information content (AvgIpc) is 2.48. The second-order valence-electron chi connectivity index (χ2n) is 5.18. The van der Waals surface area contributed by atoms with E-state index in [9.17, 15) is 4.79 Å². The standard InChI is InChI=1S/C17H15Br3O3/c1-10(2)11-3-5-16(13(19)7-11)23-17(21)9-22-15-6-4-12(18)8-14(15)20/h3-8,10H,9H2,1-2H3. The number of hydrogen-bond donors (Lipinski definition) is 0. The summed E-state index contributed by atoms with van der Waals surface area (Å²) >= 11 is 10.2. The van der Waals surface area contributed by atoms with Crippen LogP contribution in [0.4, 0.5) is 0 Å². The fraction of sp³-hybridized carbons (Fsp3) is 0.235. The van der Waals surface area contributed by atoms with Crippen LogP contribution in [0, 0.1) is 0 Å². The van der Waals surface area contributed by atoms with Gasteiger partial charge in [0.25, 0.3) is 0 Å². The van der Waals surface area contributed by atoms with Crippen LogP contribution in [0.2, 0.25) is 0 Å². The van der Waals surface area contributed by atoms with Crippen molar-refractivity contribution in [3.8, 4) is 11.5 Å². The Balaban J connectivity index is 1.97. The predicted molar refractivity (Wildman–Crippen MR) is 101 cm³/mol. The molecule has 2 aromatic rings. The molecule has 0 saturated heterocycles. The molecule has 122 valence electrons. The van der Waals surface area contributed by atoms with Gasteiger partial charge in [-0.05, 0) is 73.7 Å².